The van der Waals surface area contributed by atoms with Gasteiger partial charge in [-0.25, -0.2) is 4.39 Å². The third-order valence-electron chi connectivity index (χ3n) is 3.25. The third kappa shape index (κ3) is 3.42. The maximum atomic E-state index is 13.4. The molecule has 2 aromatic rings. The molecule has 0 aliphatic heterocycles. The Kier molecular flexibility index (Phi) is 4.31. The van der Waals surface area contributed by atoms with Crippen molar-refractivity contribution in [2.75, 3.05) is 5.73 Å². The quantitative estimate of drug-likeness (QED) is 0.878. The van der Waals surface area contributed by atoms with Crippen molar-refractivity contribution in [2.24, 2.45) is 0 Å². The van der Waals surface area contributed by atoms with Crippen molar-refractivity contribution in [1.29, 1.82) is 0 Å². The van der Waals surface area contributed by atoms with Crippen LogP contribution in [0.15, 0.2) is 34.7 Å². The molecule has 1 amide bonds. The molecular weight excluding hydrogens is 271 g/mol. The zero-order valence-corrected chi connectivity index (χ0v) is 12.4. The lowest BCUT2D eigenvalue weighted by atomic mass is 10.1. The van der Waals surface area contributed by atoms with Crippen LogP contribution in [0.3, 0.4) is 0 Å². The van der Waals surface area contributed by atoms with Crippen LogP contribution in [-0.4, -0.2) is 16.8 Å². The van der Waals surface area contributed by atoms with Gasteiger partial charge in [0.25, 0.3) is 5.91 Å². The Bertz CT molecular complexity index is 649. The predicted molar refractivity (Wildman–Crippen MR) is 79.3 cm³/mol. The van der Waals surface area contributed by atoms with Crippen molar-refractivity contribution in [3.05, 3.63) is 53.2 Å². The largest absolute Gasteiger partial charge is 0.464 e. The Morgan fingerprint density at radius 2 is 2.05 bits per heavy atom. The highest BCUT2D eigenvalue weighted by Gasteiger charge is 2.22. The van der Waals surface area contributed by atoms with E-state index in [9.17, 15) is 9.18 Å². The van der Waals surface area contributed by atoms with Crippen LogP contribution in [0.2, 0.25) is 0 Å². The van der Waals surface area contributed by atoms with E-state index >= 15 is 0 Å². The molecule has 0 unspecified atom stereocenters. The Morgan fingerprint density at radius 3 is 2.62 bits per heavy atom. The number of nitrogens with zero attached hydrogens (tertiary/aromatic N) is 1. The number of hydrogen-bond donors (Lipinski definition) is 1. The SMILES string of the molecule is Cc1ccc(CN(C(=O)c2cc(F)ccc2N)C(C)C)o1. The van der Waals surface area contributed by atoms with Crippen LogP contribution >= 0.6 is 0 Å². The van der Waals surface area contributed by atoms with Gasteiger partial charge < -0.3 is 15.1 Å². The molecule has 0 spiro atoms. The average Bonchev–Trinajstić information content (AvgIpc) is 2.83. The van der Waals surface area contributed by atoms with E-state index in [0.29, 0.717) is 12.3 Å². The summed E-state index contributed by atoms with van der Waals surface area (Å²) in [5.41, 5.74) is 6.23. The molecule has 4 nitrogen and oxygen atoms in total. The lowest BCUT2D eigenvalue weighted by Gasteiger charge is -2.26. The number of hydrogen-bond acceptors (Lipinski definition) is 3. The van der Waals surface area contributed by atoms with Gasteiger partial charge in [0.2, 0.25) is 0 Å². The first-order chi connectivity index (χ1) is 9.88. The molecule has 0 aliphatic carbocycles. The van der Waals surface area contributed by atoms with E-state index in [0.717, 1.165) is 5.76 Å². The Hall–Kier alpha value is -2.30. The number of aryl methyl sites for hydroxylation is 1. The van der Waals surface area contributed by atoms with Crippen LogP contribution in [-0.2, 0) is 6.54 Å². The molecular formula is C16H19FN2O2. The number of benzene rings is 1. The number of furan rings is 1. The van der Waals surface area contributed by atoms with Crippen molar-refractivity contribution in [2.45, 2.75) is 33.4 Å². The van der Waals surface area contributed by atoms with E-state index in [1.165, 1.54) is 18.2 Å². The minimum absolute atomic E-state index is 0.0643. The second-order valence-corrected chi connectivity index (χ2v) is 5.27. The van der Waals surface area contributed by atoms with Gasteiger partial charge in [0.05, 0.1) is 12.1 Å². The van der Waals surface area contributed by atoms with E-state index in [1.807, 2.05) is 32.9 Å². The van der Waals surface area contributed by atoms with Gasteiger partial charge in [-0.1, -0.05) is 0 Å². The van der Waals surface area contributed by atoms with Crippen LogP contribution in [0, 0.1) is 12.7 Å². The summed E-state index contributed by atoms with van der Waals surface area (Å²) in [4.78, 5) is 14.2. The lowest BCUT2D eigenvalue weighted by Crippen LogP contribution is -2.36. The predicted octanol–water partition coefficient (Wildman–Crippen LogP) is 3.36. The van der Waals surface area contributed by atoms with E-state index in [1.54, 1.807) is 4.90 Å². The number of amides is 1. The smallest absolute Gasteiger partial charge is 0.256 e. The molecule has 1 aromatic heterocycles. The van der Waals surface area contributed by atoms with Gasteiger partial charge in [-0.05, 0) is 51.1 Å². The third-order valence-corrected chi connectivity index (χ3v) is 3.25. The first-order valence-electron chi connectivity index (χ1n) is 6.80. The molecule has 112 valence electrons. The number of nitrogens with two attached hydrogens (primary N) is 1. The van der Waals surface area contributed by atoms with Crippen molar-refractivity contribution < 1.29 is 13.6 Å². The highest BCUT2D eigenvalue weighted by atomic mass is 19.1. The lowest BCUT2D eigenvalue weighted by molar-refractivity contribution is 0.0676. The van der Waals surface area contributed by atoms with E-state index < -0.39 is 5.82 Å². The van der Waals surface area contributed by atoms with Gasteiger partial charge in [-0.15, -0.1) is 0 Å². The summed E-state index contributed by atoms with van der Waals surface area (Å²) in [5, 5.41) is 0. The Morgan fingerprint density at radius 1 is 1.33 bits per heavy atom. The molecule has 5 heteroatoms. The minimum Gasteiger partial charge on any atom is -0.464 e. The molecule has 0 atom stereocenters. The second kappa shape index (κ2) is 5.99. The average molecular weight is 290 g/mol. The summed E-state index contributed by atoms with van der Waals surface area (Å²) in [6.45, 7) is 5.95. The van der Waals surface area contributed by atoms with Gasteiger partial charge in [-0.2, -0.15) is 0 Å². The highest BCUT2D eigenvalue weighted by Crippen LogP contribution is 2.20. The number of nitrogen functional groups attached to an aromatic ring is 1. The van der Waals surface area contributed by atoms with Crippen molar-refractivity contribution >= 4 is 11.6 Å². The van der Waals surface area contributed by atoms with Crippen molar-refractivity contribution in [3.8, 4) is 0 Å². The fourth-order valence-corrected chi connectivity index (χ4v) is 2.10. The first-order valence-corrected chi connectivity index (χ1v) is 6.80. The highest BCUT2D eigenvalue weighted by molar-refractivity contribution is 5.99. The fourth-order valence-electron chi connectivity index (χ4n) is 2.10. The molecule has 21 heavy (non-hydrogen) atoms. The van der Waals surface area contributed by atoms with Crippen LogP contribution < -0.4 is 5.73 Å². The van der Waals surface area contributed by atoms with Crippen molar-refractivity contribution in [3.63, 3.8) is 0 Å². The van der Waals surface area contributed by atoms with E-state index in [4.69, 9.17) is 10.2 Å². The maximum absolute atomic E-state index is 13.4. The van der Waals surface area contributed by atoms with Crippen molar-refractivity contribution in [1.82, 2.24) is 4.90 Å². The van der Waals surface area contributed by atoms with Gasteiger partial charge in [0.15, 0.2) is 0 Å². The number of carbonyl (C=O) groups is 1. The molecule has 0 saturated heterocycles. The molecule has 1 heterocycles. The molecule has 1 aromatic carbocycles. The van der Waals surface area contributed by atoms with E-state index in [-0.39, 0.29) is 23.2 Å². The molecule has 0 aliphatic rings. The van der Waals surface area contributed by atoms with Gasteiger partial charge in [0, 0.05) is 11.7 Å². The monoisotopic (exact) mass is 290 g/mol. The standard InChI is InChI=1S/C16H19FN2O2/c1-10(2)19(9-13-6-4-11(3)21-13)16(20)14-8-12(17)5-7-15(14)18/h4-8,10H,9,18H2,1-3H3. The first kappa shape index (κ1) is 15.1. The minimum atomic E-state index is -0.481. The number of halogens is 1. The summed E-state index contributed by atoms with van der Waals surface area (Å²) in [6, 6.07) is 7.41. The fraction of sp³-hybridized carbons (Fsp3) is 0.312. The topological polar surface area (TPSA) is 59.5 Å². The molecule has 0 radical (unpaired) electrons. The number of carbonyl (C=O) groups excluding carboxylic acids is 1. The molecule has 0 saturated carbocycles. The van der Waals surface area contributed by atoms with Gasteiger partial charge in [-0.3, -0.25) is 4.79 Å². The second-order valence-electron chi connectivity index (χ2n) is 5.27. The molecule has 2 N–H and O–H groups in total. The zero-order valence-electron chi connectivity index (χ0n) is 12.4. The van der Waals surface area contributed by atoms with Crippen LogP contribution in [0.25, 0.3) is 0 Å². The van der Waals surface area contributed by atoms with Crippen LogP contribution in [0.1, 0.15) is 35.7 Å². The maximum Gasteiger partial charge on any atom is 0.256 e. The Balaban J connectivity index is 2.29. The molecule has 2 rings (SSSR count). The van der Waals surface area contributed by atoms with Gasteiger partial charge in [0.1, 0.15) is 17.3 Å². The Labute approximate surface area is 123 Å². The number of anilines is 1. The normalized spacial score (nSPS) is 10.9. The summed E-state index contributed by atoms with van der Waals surface area (Å²) >= 11 is 0. The van der Waals surface area contributed by atoms with Crippen LogP contribution in [0.4, 0.5) is 10.1 Å². The molecule has 0 bridgehead atoms. The van der Waals surface area contributed by atoms with Gasteiger partial charge >= 0.3 is 0 Å². The molecule has 0 fully saturated rings. The zero-order chi connectivity index (χ0) is 15.6. The number of rotatable bonds is 4. The van der Waals surface area contributed by atoms with E-state index in [2.05, 4.69) is 0 Å². The summed E-state index contributed by atoms with van der Waals surface area (Å²) in [6.07, 6.45) is 0. The summed E-state index contributed by atoms with van der Waals surface area (Å²) < 4.78 is 18.9. The van der Waals surface area contributed by atoms with Crippen LogP contribution in [0.5, 0.6) is 0 Å². The summed E-state index contributed by atoms with van der Waals surface area (Å²) in [7, 11) is 0. The summed E-state index contributed by atoms with van der Waals surface area (Å²) in [5.74, 6) is 0.678.